The molecule has 0 unspecified atom stereocenters. The molecule has 7 heteroatoms. The van der Waals surface area contributed by atoms with Crippen LogP contribution < -0.4 is 4.74 Å². The number of hydrogen-bond acceptors (Lipinski definition) is 5. The van der Waals surface area contributed by atoms with E-state index in [1.54, 1.807) is 12.0 Å². The fourth-order valence-electron chi connectivity index (χ4n) is 2.95. The molecule has 0 spiro atoms. The zero-order valence-corrected chi connectivity index (χ0v) is 17.7. The number of hydrogen-bond donors (Lipinski definition) is 0. The largest absolute Gasteiger partial charge is 0.497 e. The number of benzene rings is 1. The molecule has 2 rings (SSSR count). The van der Waals surface area contributed by atoms with E-state index in [0.717, 1.165) is 24.4 Å². The van der Waals surface area contributed by atoms with Crippen LogP contribution in [0.3, 0.4) is 0 Å². The molecule has 1 aromatic rings. The Labute approximate surface area is 168 Å². The maximum absolute atomic E-state index is 12.9. The van der Waals surface area contributed by atoms with Gasteiger partial charge < -0.3 is 24.2 Å². The lowest BCUT2D eigenvalue weighted by Crippen LogP contribution is -2.44. The summed E-state index contributed by atoms with van der Waals surface area (Å²) in [6.07, 6.45) is 0.00510. The predicted molar refractivity (Wildman–Crippen MR) is 109 cm³/mol. The maximum atomic E-state index is 12.9. The predicted octanol–water partition coefficient (Wildman–Crippen LogP) is 2.25. The van der Waals surface area contributed by atoms with Crippen molar-refractivity contribution in [1.29, 1.82) is 0 Å². The van der Waals surface area contributed by atoms with Crippen LogP contribution in [0, 0.1) is 0 Å². The third kappa shape index (κ3) is 7.03. The van der Waals surface area contributed by atoms with Gasteiger partial charge in [-0.1, -0.05) is 12.1 Å². The van der Waals surface area contributed by atoms with Crippen molar-refractivity contribution < 1.29 is 19.1 Å². The van der Waals surface area contributed by atoms with Gasteiger partial charge in [-0.15, -0.1) is 0 Å². The molecule has 1 saturated heterocycles. The molecule has 1 aliphatic rings. The zero-order valence-electron chi connectivity index (χ0n) is 17.7. The van der Waals surface area contributed by atoms with Crippen molar-refractivity contribution in [2.45, 2.75) is 32.8 Å². The second kappa shape index (κ2) is 9.78. The fraction of sp³-hybridized carbons (Fsp3) is 0.619. The molecule has 2 amide bonds. The van der Waals surface area contributed by atoms with Crippen LogP contribution in [0.15, 0.2) is 24.3 Å². The average Bonchev–Trinajstić information content (AvgIpc) is 2.71. The number of amides is 2. The Balaban J connectivity index is 2.02. The van der Waals surface area contributed by atoms with Gasteiger partial charge >= 0.3 is 6.09 Å². The molecule has 1 heterocycles. The molecule has 1 fully saturated rings. The van der Waals surface area contributed by atoms with E-state index >= 15 is 0 Å². The molecule has 156 valence electrons. The molecule has 0 bridgehead atoms. The standard InChI is InChI=1S/C21H33N3O4/c1-21(2,3)28-20(26)24-13-11-22(4)10-12-23(14-15-24)19(25)16-17-6-8-18(27-5)9-7-17/h6-9H,10-16H2,1-5H3. The summed E-state index contributed by atoms with van der Waals surface area (Å²) in [5, 5.41) is 0. The molecule has 0 atom stereocenters. The quantitative estimate of drug-likeness (QED) is 0.791. The van der Waals surface area contributed by atoms with Crippen molar-refractivity contribution >= 4 is 12.0 Å². The average molecular weight is 392 g/mol. The Kier molecular flexibility index (Phi) is 7.69. The summed E-state index contributed by atoms with van der Waals surface area (Å²) in [4.78, 5) is 31.0. The van der Waals surface area contributed by atoms with Gasteiger partial charge in [0.15, 0.2) is 0 Å². The van der Waals surface area contributed by atoms with Gasteiger partial charge in [-0.3, -0.25) is 4.79 Å². The highest BCUT2D eigenvalue weighted by Gasteiger charge is 2.25. The first-order valence-corrected chi connectivity index (χ1v) is 9.75. The summed E-state index contributed by atoms with van der Waals surface area (Å²) in [6.45, 7) is 9.31. The normalized spacial score (nSPS) is 16.8. The van der Waals surface area contributed by atoms with Crippen LogP contribution >= 0.6 is 0 Å². The van der Waals surface area contributed by atoms with Crippen molar-refractivity contribution in [2.24, 2.45) is 0 Å². The van der Waals surface area contributed by atoms with Crippen LogP contribution in [-0.2, 0) is 16.0 Å². The summed E-state index contributed by atoms with van der Waals surface area (Å²) >= 11 is 0. The summed E-state index contributed by atoms with van der Waals surface area (Å²) < 4.78 is 10.7. The Morgan fingerprint density at radius 1 is 0.929 bits per heavy atom. The third-order valence-electron chi connectivity index (χ3n) is 4.66. The monoisotopic (exact) mass is 391 g/mol. The van der Waals surface area contributed by atoms with E-state index in [9.17, 15) is 9.59 Å². The molecule has 0 radical (unpaired) electrons. The molecule has 1 aromatic carbocycles. The SMILES string of the molecule is COc1ccc(CC(=O)N2CCN(C)CCN(C(=O)OC(C)(C)C)CC2)cc1. The van der Waals surface area contributed by atoms with Crippen LogP contribution in [-0.4, -0.2) is 85.7 Å². The molecule has 0 saturated carbocycles. The first-order valence-electron chi connectivity index (χ1n) is 9.75. The second-order valence-corrected chi connectivity index (χ2v) is 8.18. The zero-order chi connectivity index (χ0) is 20.7. The molecule has 0 aliphatic carbocycles. The highest BCUT2D eigenvalue weighted by Crippen LogP contribution is 2.14. The third-order valence-corrected chi connectivity index (χ3v) is 4.66. The number of likely N-dealkylation sites (N-methyl/N-ethyl adjacent to an activating group) is 1. The van der Waals surface area contributed by atoms with Gasteiger partial charge in [-0.05, 0) is 45.5 Å². The van der Waals surface area contributed by atoms with Crippen molar-refractivity contribution in [3.63, 3.8) is 0 Å². The van der Waals surface area contributed by atoms with Gasteiger partial charge in [0.05, 0.1) is 13.5 Å². The van der Waals surface area contributed by atoms with E-state index in [4.69, 9.17) is 9.47 Å². The van der Waals surface area contributed by atoms with Gasteiger partial charge in [0.1, 0.15) is 11.4 Å². The number of carbonyl (C=O) groups excluding carboxylic acids is 2. The molecule has 1 aliphatic heterocycles. The van der Waals surface area contributed by atoms with Crippen LogP contribution in [0.4, 0.5) is 4.79 Å². The molecule has 0 N–H and O–H groups in total. The summed E-state index contributed by atoms with van der Waals surface area (Å²) in [6, 6.07) is 7.54. The fourth-order valence-corrected chi connectivity index (χ4v) is 2.95. The number of methoxy groups -OCH3 is 1. The maximum Gasteiger partial charge on any atom is 0.410 e. The lowest BCUT2D eigenvalue weighted by Gasteiger charge is -2.29. The van der Waals surface area contributed by atoms with Gasteiger partial charge in [0.25, 0.3) is 0 Å². The first-order chi connectivity index (χ1) is 13.2. The topological polar surface area (TPSA) is 62.3 Å². The molecule has 0 aromatic heterocycles. The highest BCUT2D eigenvalue weighted by molar-refractivity contribution is 5.79. The van der Waals surface area contributed by atoms with Crippen molar-refractivity contribution in [1.82, 2.24) is 14.7 Å². The van der Waals surface area contributed by atoms with E-state index in [1.165, 1.54) is 0 Å². The van der Waals surface area contributed by atoms with Gasteiger partial charge in [0.2, 0.25) is 5.91 Å². The van der Waals surface area contributed by atoms with Crippen LogP contribution in [0.5, 0.6) is 5.75 Å². The minimum Gasteiger partial charge on any atom is -0.497 e. The molecule has 28 heavy (non-hydrogen) atoms. The lowest BCUT2D eigenvalue weighted by atomic mass is 10.1. The van der Waals surface area contributed by atoms with Crippen molar-refractivity contribution in [3.8, 4) is 5.75 Å². The minimum absolute atomic E-state index is 0.0598. The van der Waals surface area contributed by atoms with E-state index in [2.05, 4.69) is 4.90 Å². The van der Waals surface area contributed by atoms with Gasteiger partial charge in [0, 0.05) is 39.3 Å². The van der Waals surface area contributed by atoms with E-state index in [-0.39, 0.29) is 12.0 Å². The van der Waals surface area contributed by atoms with E-state index < -0.39 is 5.60 Å². The summed E-state index contributed by atoms with van der Waals surface area (Å²) in [5.74, 6) is 0.832. The van der Waals surface area contributed by atoms with E-state index in [1.807, 2.05) is 57.0 Å². The molecular formula is C21H33N3O4. The van der Waals surface area contributed by atoms with Crippen LogP contribution in [0.25, 0.3) is 0 Å². The minimum atomic E-state index is -0.536. The Bertz CT molecular complexity index is 655. The summed E-state index contributed by atoms with van der Waals surface area (Å²) in [7, 11) is 3.63. The summed E-state index contributed by atoms with van der Waals surface area (Å²) in [5.41, 5.74) is 0.411. The van der Waals surface area contributed by atoms with Crippen LogP contribution in [0.2, 0.25) is 0 Å². The Hall–Kier alpha value is -2.28. The highest BCUT2D eigenvalue weighted by atomic mass is 16.6. The van der Waals surface area contributed by atoms with Crippen LogP contribution in [0.1, 0.15) is 26.3 Å². The van der Waals surface area contributed by atoms with Gasteiger partial charge in [-0.2, -0.15) is 0 Å². The van der Waals surface area contributed by atoms with Crippen molar-refractivity contribution in [3.05, 3.63) is 29.8 Å². The smallest absolute Gasteiger partial charge is 0.410 e. The molecular weight excluding hydrogens is 358 g/mol. The van der Waals surface area contributed by atoms with E-state index in [0.29, 0.717) is 32.6 Å². The Morgan fingerprint density at radius 2 is 1.46 bits per heavy atom. The Morgan fingerprint density at radius 3 is 2.04 bits per heavy atom. The number of rotatable bonds is 3. The number of carbonyl (C=O) groups is 2. The molecule has 7 nitrogen and oxygen atoms in total. The second-order valence-electron chi connectivity index (χ2n) is 8.18. The lowest BCUT2D eigenvalue weighted by molar-refractivity contribution is -0.130. The van der Waals surface area contributed by atoms with Crippen molar-refractivity contribution in [2.75, 3.05) is 53.4 Å². The number of ether oxygens (including phenoxy) is 2. The van der Waals surface area contributed by atoms with Gasteiger partial charge in [-0.25, -0.2) is 4.79 Å². The first kappa shape index (κ1) is 22.0. The number of nitrogens with zero attached hydrogens (tertiary/aromatic N) is 3.